The van der Waals surface area contributed by atoms with Gasteiger partial charge in [0.25, 0.3) is 0 Å². The van der Waals surface area contributed by atoms with E-state index in [2.05, 4.69) is 21.4 Å². The van der Waals surface area contributed by atoms with Crippen LogP contribution in [0.25, 0.3) is 0 Å². The molecule has 0 aliphatic rings. The van der Waals surface area contributed by atoms with E-state index >= 15 is 0 Å². The number of nitriles is 1. The van der Waals surface area contributed by atoms with Crippen molar-refractivity contribution < 1.29 is 4.74 Å². The Morgan fingerprint density at radius 2 is 2.26 bits per heavy atom. The Kier molecular flexibility index (Phi) is 3.78. The van der Waals surface area contributed by atoms with E-state index in [0.717, 1.165) is 5.69 Å². The second kappa shape index (κ2) is 5.69. The van der Waals surface area contributed by atoms with Crippen LogP contribution in [0.1, 0.15) is 12.5 Å². The summed E-state index contributed by atoms with van der Waals surface area (Å²) in [6.07, 6.45) is 1.37. The Morgan fingerprint density at radius 3 is 3.00 bits per heavy atom. The number of anilines is 3. The molecule has 1 aromatic carbocycles. The minimum Gasteiger partial charge on any atom is -0.476 e. The molecule has 2 aromatic rings. The molecule has 6 heteroatoms. The normalized spacial score (nSPS) is 9.68. The molecule has 0 fully saturated rings. The maximum Gasteiger partial charge on any atom is 0.242 e. The molecule has 1 aromatic heterocycles. The van der Waals surface area contributed by atoms with Crippen molar-refractivity contribution in [2.24, 2.45) is 0 Å². The summed E-state index contributed by atoms with van der Waals surface area (Å²) in [5, 5.41) is 11.9. The number of aromatic nitrogens is 2. The molecule has 0 unspecified atom stereocenters. The zero-order chi connectivity index (χ0) is 13.7. The SMILES string of the molecule is CCOc1ncnc(Nc2cccc(C#N)c2)c1N. The minimum atomic E-state index is 0.340. The van der Waals surface area contributed by atoms with E-state index in [1.807, 2.05) is 13.0 Å². The summed E-state index contributed by atoms with van der Waals surface area (Å²) >= 11 is 0. The maximum absolute atomic E-state index is 8.85. The first-order valence-electron chi connectivity index (χ1n) is 5.75. The minimum absolute atomic E-state index is 0.340. The van der Waals surface area contributed by atoms with Crippen molar-refractivity contribution >= 4 is 17.2 Å². The molecule has 19 heavy (non-hydrogen) atoms. The highest BCUT2D eigenvalue weighted by Crippen LogP contribution is 2.27. The zero-order valence-electron chi connectivity index (χ0n) is 10.4. The lowest BCUT2D eigenvalue weighted by Gasteiger charge is -2.11. The highest BCUT2D eigenvalue weighted by molar-refractivity contribution is 5.72. The Morgan fingerprint density at radius 1 is 1.42 bits per heavy atom. The van der Waals surface area contributed by atoms with Crippen LogP contribution in [0.5, 0.6) is 5.88 Å². The summed E-state index contributed by atoms with van der Waals surface area (Å²) in [5.74, 6) is 0.796. The van der Waals surface area contributed by atoms with Crippen LogP contribution in [0.3, 0.4) is 0 Å². The number of hydrogen-bond acceptors (Lipinski definition) is 6. The third-order valence-electron chi connectivity index (χ3n) is 2.38. The van der Waals surface area contributed by atoms with E-state index in [9.17, 15) is 0 Å². The summed E-state index contributed by atoms with van der Waals surface area (Å²) in [5.41, 5.74) is 7.54. The van der Waals surface area contributed by atoms with Crippen molar-refractivity contribution in [3.63, 3.8) is 0 Å². The number of nitrogens with zero attached hydrogens (tertiary/aromatic N) is 3. The van der Waals surface area contributed by atoms with E-state index in [1.54, 1.807) is 18.2 Å². The molecule has 0 aliphatic heterocycles. The predicted molar refractivity (Wildman–Crippen MR) is 72.1 cm³/mol. The molecule has 0 spiro atoms. The van der Waals surface area contributed by atoms with E-state index in [4.69, 9.17) is 15.7 Å². The molecule has 0 radical (unpaired) electrons. The van der Waals surface area contributed by atoms with Crippen LogP contribution < -0.4 is 15.8 Å². The molecule has 0 atom stereocenters. The largest absolute Gasteiger partial charge is 0.476 e. The van der Waals surface area contributed by atoms with Gasteiger partial charge in [0.1, 0.15) is 12.0 Å². The van der Waals surface area contributed by atoms with Gasteiger partial charge in [-0.05, 0) is 25.1 Å². The molecule has 0 amide bonds. The van der Waals surface area contributed by atoms with Crippen LogP contribution in [-0.2, 0) is 0 Å². The average molecular weight is 255 g/mol. The Labute approximate surface area is 110 Å². The van der Waals surface area contributed by atoms with Gasteiger partial charge in [-0.25, -0.2) is 4.98 Å². The van der Waals surface area contributed by atoms with Crippen LogP contribution >= 0.6 is 0 Å². The molecule has 96 valence electrons. The molecule has 2 rings (SSSR count). The molecule has 0 aliphatic carbocycles. The maximum atomic E-state index is 8.85. The summed E-state index contributed by atoms with van der Waals surface area (Å²) in [6.45, 7) is 2.33. The molecular weight excluding hydrogens is 242 g/mol. The average Bonchev–Trinajstić information content (AvgIpc) is 2.44. The van der Waals surface area contributed by atoms with Crippen LogP contribution in [-0.4, -0.2) is 16.6 Å². The van der Waals surface area contributed by atoms with Gasteiger partial charge in [0.2, 0.25) is 5.88 Å². The predicted octanol–water partition coefficient (Wildman–Crippen LogP) is 2.07. The highest BCUT2D eigenvalue weighted by atomic mass is 16.5. The second-order valence-corrected chi connectivity index (χ2v) is 3.69. The van der Waals surface area contributed by atoms with Gasteiger partial charge in [0.05, 0.1) is 18.2 Å². The van der Waals surface area contributed by atoms with Gasteiger partial charge in [-0.3, -0.25) is 0 Å². The zero-order valence-corrected chi connectivity index (χ0v) is 10.4. The lowest BCUT2D eigenvalue weighted by molar-refractivity contribution is 0.328. The van der Waals surface area contributed by atoms with Crippen molar-refractivity contribution in [1.29, 1.82) is 5.26 Å². The number of nitrogens with one attached hydrogen (secondary N) is 1. The van der Waals surface area contributed by atoms with Gasteiger partial charge in [-0.15, -0.1) is 0 Å². The smallest absolute Gasteiger partial charge is 0.242 e. The first-order chi connectivity index (χ1) is 9.24. The third-order valence-corrected chi connectivity index (χ3v) is 2.38. The van der Waals surface area contributed by atoms with E-state index in [-0.39, 0.29) is 0 Å². The van der Waals surface area contributed by atoms with Crippen LogP contribution in [0.2, 0.25) is 0 Å². The quantitative estimate of drug-likeness (QED) is 0.868. The van der Waals surface area contributed by atoms with E-state index in [1.165, 1.54) is 6.33 Å². The molecular formula is C13H13N5O. The van der Waals surface area contributed by atoms with E-state index in [0.29, 0.717) is 29.6 Å². The van der Waals surface area contributed by atoms with Crippen molar-refractivity contribution in [3.05, 3.63) is 36.2 Å². The van der Waals surface area contributed by atoms with Crippen molar-refractivity contribution in [2.45, 2.75) is 6.92 Å². The summed E-state index contributed by atoms with van der Waals surface area (Å²) in [7, 11) is 0. The summed E-state index contributed by atoms with van der Waals surface area (Å²) in [6, 6.07) is 9.10. The molecule has 0 saturated heterocycles. The summed E-state index contributed by atoms with van der Waals surface area (Å²) in [4.78, 5) is 8.02. The van der Waals surface area contributed by atoms with Gasteiger partial charge in [0, 0.05) is 5.69 Å². The molecule has 0 saturated carbocycles. The lowest BCUT2D eigenvalue weighted by atomic mass is 10.2. The van der Waals surface area contributed by atoms with Gasteiger partial charge >= 0.3 is 0 Å². The van der Waals surface area contributed by atoms with Gasteiger partial charge < -0.3 is 15.8 Å². The van der Waals surface area contributed by atoms with Crippen LogP contribution in [0, 0.1) is 11.3 Å². The topological polar surface area (TPSA) is 96.9 Å². The first-order valence-corrected chi connectivity index (χ1v) is 5.75. The number of nitrogen functional groups attached to an aromatic ring is 1. The van der Waals surface area contributed by atoms with Crippen molar-refractivity contribution in [3.8, 4) is 11.9 Å². The summed E-state index contributed by atoms with van der Waals surface area (Å²) < 4.78 is 5.29. The first kappa shape index (κ1) is 12.6. The fraction of sp³-hybridized carbons (Fsp3) is 0.154. The monoisotopic (exact) mass is 255 g/mol. The fourth-order valence-corrected chi connectivity index (χ4v) is 1.53. The molecule has 3 N–H and O–H groups in total. The Hall–Kier alpha value is -2.81. The number of ether oxygens (including phenoxy) is 1. The standard InChI is InChI=1S/C13H13N5O/c1-2-19-13-11(15)12(16-8-17-13)18-10-5-3-4-9(6-10)7-14/h3-6,8H,2,15H2,1H3,(H,16,17,18). The number of nitrogens with two attached hydrogens (primary N) is 1. The highest BCUT2D eigenvalue weighted by Gasteiger charge is 2.09. The van der Waals surface area contributed by atoms with E-state index < -0.39 is 0 Å². The molecule has 6 nitrogen and oxygen atoms in total. The lowest BCUT2D eigenvalue weighted by Crippen LogP contribution is -2.05. The van der Waals surface area contributed by atoms with Crippen molar-refractivity contribution in [2.75, 3.05) is 17.7 Å². The van der Waals surface area contributed by atoms with Gasteiger partial charge in [0.15, 0.2) is 5.82 Å². The molecule has 1 heterocycles. The van der Waals surface area contributed by atoms with Crippen molar-refractivity contribution in [1.82, 2.24) is 9.97 Å². The number of hydrogen-bond donors (Lipinski definition) is 2. The van der Waals surface area contributed by atoms with Gasteiger partial charge in [-0.1, -0.05) is 6.07 Å². The van der Waals surface area contributed by atoms with Crippen LogP contribution in [0.4, 0.5) is 17.2 Å². The number of rotatable bonds is 4. The number of benzene rings is 1. The fourth-order valence-electron chi connectivity index (χ4n) is 1.53. The van der Waals surface area contributed by atoms with Gasteiger partial charge in [-0.2, -0.15) is 10.2 Å². The third kappa shape index (κ3) is 2.90. The van der Waals surface area contributed by atoms with Crippen LogP contribution in [0.15, 0.2) is 30.6 Å². The second-order valence-electron chi connectivity index (χ2n) is 3.69. The Bertz CT molecular complexity index is 621. The molecule has 0 bridgehead atoms. The Balaban J connectivity index is 2.28.